The predicted molar refractivity (Wildman–Crippen MR) is 93.1 cm³/mol. The van der Waals surface area contributed by atoms with Gasteiger partial charge in [-0.3, -0.25) is 4.98 Å². The molecule has 2 aromatic rings. The highest BCUT2D eigenvalue weighted by Crippen LogP contribution is 2.31. The highest BCUT2D eigenvalue weighted by Gasteiger charge is 2.16. The third-order valence-electron chi connectivity index (χ3n) is 4.42. The number of aryl methyl sites for hydroxylation is 1. The van der Waals surface area contributed by atoms with E-state index in [2.05, 4.69) is 48.0 Å². The maximum absolute atomic E-state index is 5.16. The van der Waals surface area contributed by atoms with Crippen LogP contribution in [0.15, 0.2) is 24.3 Å². The van der Waals surface area contributed by atoms with Gasteiger partial charge in [-0.2, -0.15) is 0 Å². The number of likely N-dealkylation sites (N-methyl/N-ethyl adjacent to an activating group) is 1. The van der Waals surface area contributed by atoms with E-state index in [4.69, 9.17) is 9.72 Å². The number of aromatic nitrogens is 1. The Labute approximate surface area is 132 Å². The molecule has 22 heavy (non-hydrogen) atoms. The van der Waals surface area contributed by atoms with Crippen LogP contribution in [0.25, 0.3) is 10.9 Å². The molecule has 0 saturated carbocycles. The van der Waals surface area contributed by atoms with Crippen LogP contribution in [0.1, 0.15) is 18.5 Å². The largest absolute Gasteiger partial charge is 0.383 e. The fourth-order valence-corrected chi connectivity index (χ4v) is 3.14. The van der Waals surface area contributed by atoms with E-state index in [0.717, 1.165) is 37.5 Å². The molecule has 4 nitrogen and oxygen atoms in total. The standard InChI is InChI=1S/C18H25N3O/c1-14-12-18(21-8-4-5-9-21)16-7-6-15(13-17(16)19-14)20(2)10-11-22-3/h6-7,12-13H,4-5,8-11H2,1-3H3. The van der Waals surface area contributed by atoms with Crippen molar-refractivity contribution in [3.63, 3.8) is 0 Å². The lowest BCUT2D eigenvalue weighted by Crippen LogP contribution is -2.22. The number of nitrogens with zero attached hydrogens (tertiary/aromatic N) is 3. The first-order valence-corrected chi connectivity index (χ1v) is 8.05. The summed E-state index contributed by atoms with van der Waals surface area (Å²) in [5.41, 5.74) is 4.70. The minimum Gasteiger partial charge on any atom is -0.383 e. The highest BCUT2D eigenvalue weighted by atomic mass is 16.5. The smallest absolute Gasteiger partial charge is 0.0746 e. The van der Waals surface area contributed by atoms with Gasteiger partial charge in [0.15, 0.2) is 0 Å². The highest BCUT2D eigenvalue weighted by molar-refractivity contribution is 5.94. The molecule has 4 heteroatoms. The van der Waals surface area contributed by atoms with Gasteiger partial charge >= 0.3 is 0 Å². The second-order valence-corrected chi connectivity index (χ2v) is 6.09. The van der Waals surface area contributed by atoms with Crippen molar-refractivity contribution in [2.24, 2.45) is 0 Å². The molecule has 0 radical (unpaired) electrons. The van der Waals surface area contributed by atoms with Gasteiger partial charge in [0.05, 0.1) is 12.1 Å². The second-order valence-electron chi connectivity index (χ2n) is 6.09. The first kappa shape index (κ1) is 15.1. The summed E-state index contributed by atoms with van der Waals surface area (Å²) >= 11 is 0. The van der Waals surface area contributed by atoms with E-state index in [0.29, 0.717) is 0 Å². The van der Waals surface area contributed by atoms with Crippen molar-refractivity contribution >= 4 is 22.3 Å². The number of fused-ring (bicyclic) bond motifs is 1. The zero-order valence-corrected chi connectivity index (χ0v) is 13.8. The van der Waals surface area contributed by atoms with Crippen LogP contribution in [-0.2, 0) is 4.74 Å². The molecule has 0 unspecified atom stereocenters. The summed E-state index contributed by atoms with van der Waals surface area (Å²) in [7, 11) is 3.83. The number of benzene rings is 1. The van der Waals surface area contributed by atoms with Crippen molar-refractivity contribution < 1.29 is 4.74 Å². The van der Waals surface area contributed by atoms with Crippen LogP contribution >= 0.6 is 0 Å². The fraction of sp³-hybridized carbons (Fsp3) is 0.500. The molecule has 0 bridgehead atoms. The van der Waals surface area contributed by atoms with E-state index >= 15 is 0 Å². The maximum Gasteiger partial charge on any atom is 0.0746 e. The van der Waals surface area contributed by atoms with Gasteiger partial charge in [-0.25, -0.2) is 0 Å². The normalized spacial score (nSPS) is 14.8. The zero-order valence-electron chi connectivity index (χ0n) is 13.8. The number of hydrogen-bond donors (Lipinski definition) is 0. The van der Waals surface area contributed by atoms with E-state index in [9.17, 15) is 0 Å². The molecule has 1 aromatic heterocycles. The maximum atomic E-state index is 5.16. The molecule has 1 saturated heterocycles. The number of ether oxygens (including phenoxy) is 1. The van der Waals surface area contributed by atoms with E-state index in [-0.39, 0.29) is 0 Å². The summed E-state index contributed by atoms with van der Waals surface area (Å²) in [6, 6.07) is 8.82. The Morgan fingerprint density at radius 2 is 2.00 bits per heavy atom. The van der Waals surface area contributed by atoms with E-state index in [1.54, 1.807) is 7.11 Å². The Morgan fingerprint density at radius 3 is 2.73 bits per heavy atom. The minimum atomic E-state index is 0.731. The average Bonchev–Trinajstić information content (AvgIpc) is 3.05. The van der Waals surface area contributed by atoms with Crippen LogP contribution in [-0.4, -0.2) is 45.4 Å². The minimum absolute atomic E-state index is 0.731. The third kappa shape index (κ3) is 3.02. The Kier molecular flexibility index (Phi) is 4.48. The Morgan fingerprint density at radius 1 is 1.23 bits per heavy atom. The summed E-state index contributed by atoms with van der Waals surface area (Å²) in [5, 5.41) is 1.26. The number of hydrogen-bond acceptors (Lipinski definition) is 4. The summed E-state index contributed by atoms with van der Waals surface area (Å²) in [6.45, 7) is 6.02. The molecule has 1 aliphatic heterocycles. The van der Waals surface area contributed by atoms with E-state index in [1.165, 1.54) is 29.6 Å². The second kappa shape index (κ2) is 6.53. The molecular weight excluding hydrogens is 274 g/mol. The van der Waals surface area contributed by atoms with Gasteiger partial charge in [0.1, 0.15) is 0 Å². The van der Waals surface area contributed by atoms with Crippen LogP contribution in [0, 0.1) is 6.92 Å². The molecule has 1 fully saturated rings. The first-order valence-electron chi connectivity index (χ1n) is 8.05. The van der Waals surface area contributed by atoms with Gasteiger partial charge in [0, 0.05) is 56.2 Å². The van der Waals surface area contributed by atoms with Crippen LogP contribution in [0.3, 0.4) is 0 Å². The molecule has 0 aliphatic carbocycles. The Hall–Kier alpha value is -1.81. The summed E-state index contributed by atoms with van der Waals surface area (Å²) in [5.74, 6) is 0. The number of rotatable bonds is 5. The summed E-state index contributed by atoms with van der Waals surface area (Å²) in [6.07, 6.45) is 2.58. The zero-order chi connectivity index (χ0) is 15.5. The van der Waals surface area contributed by atoms with Crippen molar-refractivity contribution in [3.05, 3.63) is 30.0 Å². The molecule has 0 atom stereocenters. The summed E-state index contributed by atoms with van der Waals surface area (Å²) < 4.78 is 5.16. The van der Waals surface area contributed by atoms with Gasteiger partial charge in [0.25, 0.3) is 0 Å². The molecule has 3 rings (SSSR count). The fourth-order valence-electron chi connectivity index (χ4n) is 3.14. The van der Waals surface area contributed by atoms with Gasteiger partial charge in [-0.1, -0.05) is 0 Å². The average molecular weight is 299 g/mol. The lowest BCUT2D eigenvalue weighted by Gasteiger charge is -2.22. The van der Waals surface area contributed by atoms with Crippen molar-refractivity contribution in [3.8, 4) is 0 Å². The Bertz CT molecular complexity index is 650. The SMILES string of the molecule is COCCN(C)c1ccc2c(N3CCCC3)cc(C)nc2c1. The van der Waals surface area contributed by atoms with Crippen LogP contribution in [0.5, 0.6) is 0 Å². The van der Waals surface area contributed by atoms with Gasteiger partial charge in [-0.15, -0.1) is 0 Å². The number of pyridine rings is 1. The van der Waals surface area contributed by atoms with Crippen molar-refractivity contribution in [2.45, 2.75) is 19.8 Å². The third-order valence-corrected chi connectivity index (χ3v) is 4.42. The van der Waals surface area contributed by atoms with Gasteiger partial charge < -0.3 is 14.5 Å². The topological polar surface area (TPSA) is 28.6 Å². The Balaban J connectivity index is 1.98. The molecule has 2 heterocycles. The lowest BCUT2D eigenvalue weighted by atomic mass is 10.1. The van der Waals surface area contributed by atoms with Crippen LogP contribution in [0.2, 0.25) is 0 Å². The van der Waals surface area contributed by atoms with Crippen molar-refractivity contribution in [2.75, 3.05) is 50.2 Å². The van der Waals surface area contributed by atoms with Crippen LogP contribution in [0.4, 0.5) is 11.4 Å². The first-order chi connectivity index (χ1) is 10.7. The molecular formula is C18H25N3O. The monoisotopic (exact) mass is 299 g/mol. The van der Waals surface area contributed by atoms with Crippen molar-refractivity contribution in [1.29, 1.82) is 0 Å². The van der Waals surface area contributed by atoms with Gasteiger partial charge in [0.2, 0.25) is 0 Å². The predicted octanol–water partition coefficient (Wildman–Crippen LogP) is 3.23. The van der Waals surface area contributed by atoms with E-state index in [1.807, 2.05) is 0 Å². The van der Waals surface area contributed by atoms with E-state index < -0.39 is 0 Å². The molecule has 1 aromatic carbocycles. The molecule has 118 valence electrons. The van der Waals surface area contributed by atoms with Gasteiger partial charge in [-0.05, 0) is 44.0 Å². The number of anilines is 2. The summed E-state index contributed by atoms with van der Waals surface area (Å²) in [4.78, 5) is 9.45. The number of methoxy groups -OCH3 is 1. The quantitative estimate of drug-likeness (QED) is 0.847. The van der Waals surface area contributed by atoms with Crippen molar-refractivity contribution in [1.82, 2.24) is 4.98 Å². The molecule has 1 aliphatic rings. The molecule has 0 N–H and O–H groups in total. The van der Waals surface area contributed by atoms with Crippen LogP contribution < -0.4 is 9.80 Å². The molecule has 0 amide bonds. The lowest BCUT2D eigenvalue weighted by molar-refractivity contribution is 0.206. The molecule has 0 spiro atoms.